The van der Waals surface area contributed by atoms with E-state index in [-0.39, 0.29) is 42.3 Å². The highest BCUT2D eigenvalue weighted by Crippen LogP contribution is 2.42. The molecule has 300 valence electrons. The molecule has 14 heteroatoms. The number of nitrogens with zero attached hydrogens (tertiary/aromatic N) is 2. The Morgan fingerprint density at radius 2 is 1.81 bits per heavy atom. The van der Waals surface area contributed by atoms with Crippen LogP contribution in [-0.2, 0) is 35.4 Å². The van der Waals surface area contributed by atoms with E-state index < -0.39 is 45.9 Å². The number of ether oxygens (including phenoxy) is 4. The van der Waals surface area contributed by atoms with Gasteiger partial charge in [0.15, 0.2) is 11.4 Å². The van der Waals surface area contributed by atoms with Crippen molar-refractivity contribution >= 4 is 42.7 Å². The standard InChI is InChI=1S/C40H60N4O8S2/c1-9-40(41-21-25(2)3)24-51-38-37(40)34(16-17-50-38)52-36(46)19-29(18-28-10-12-30(49-8)13-11-28)33(45)23-44(22-26(4)5)54(47,48)31-14-15-32-35(20-31)53-39(43-32)42-27(6)7/h10-15,20,25-27,29,33-34,37-38,41,45H,9,16-19,21-24H2,1-8H3,(H,42,43)/t29-,33-,34+,37+,38+,40+/m1/s1. The normalized spacial score (nSPS) is 22.9. The van der Waals surface area contributed by atoms with Crippen molar-refractivity contribution in [1.29, 1.82) is 0 Å². The highest BCUT2D eigenvalue weighted by molar-refractivity contribution is 7.89. The van der Waals surface area contributed by atoms with E-state index in [0.29, 0.717) is 43.2 Å². The Morgan fingerprint density at radius 3 is 2.46 bits per heavy atom. The topological polar surface area (TPSA) is 149 Å². The van der Waals surface area contributed by atoms with Gasteiger partial charge in [-0.05, 0) is 81.0 Å². The van der Waals surface area contributed by atoms with E-state index in [0.717, 1.165) is 28.4 Å². The zero-order valence-corrected chi connectivity index (χ0v) is 34.7. The van der Waals surface area contributed by atoms with E-state index in [1.807, 2.05) is 52.0 Å². The van der Waals surface area contributed by atoms with Crippen LogP contribution in [0.4, 0.5) is 5.13 Å². The van der Waals surface area contributed by atoms with E-state index >= 15 is 0 Å². The molecule has 3 N–H and O–H groups in total. The summed E-state index contributed by atoms with van der Waals surface area (Å²) < 4.78 is 54.5. The maximum absolute atomic E-state index is 14.3. The minimum atomic E-state index is -4.04. The van der Waals surface area contributed by atoms with Gasteiger partial charge in [0.2, 0.25) is 10.0 Å². The molecule has 12 nitrogen and oxygen atoms in total. The summed E-state index contributed by atoms with van der Waals surface area (Å²) in [5.74, 6) is -0.193. The number of sulfonamides is 1. The minimum Gasteiger partial charge on any atom is -0.497 e. The number of carbonyl (C=O) groups excluding carboxylic acids is 1. The maximum Gasteiger partial charge on any atom is 0.306 e. The van der Waals surface area contributed by atoms with Crippen LogP contribution in [0.3, 0.4) is 0 Å². The Labute approximate surface area is 325 Å². The summed E-state index contributed by atoms with van der Waals surface area (Å²) in [7, 11) is -2.44. The number of benzene rings is 2. The van der Waals surface area contributed by atoms with E-state index in [9.17, 15) is 18.3 Å². The molecule has 3 heterocycles. The molecule has 2 aliphatic rings. The van der Waals surface area contributed by atoms with Gasteiger partial charge in [0.1, 0.15) is 11.9 Å². The lowest BCUT2D eigenvalue weighted by Gasteiger charge is -2.42. The second-order valence-electron chi connectivity index (χ2n) is 15.9. The number of anilines is 1. The van der Waals surface area contributed by atoms with Gasteiger partial charge in [0.25, 0.3) is 0 Å². The minimum absolute atomic E-state index is 0.0239. The maximum atomic E-state index is 14.3. The lowest BCUT2D eigenvalue weighted by molar-refractivity contribution is -0.199. The lowest BCUT2D eigenvalue weighted by Crippen LogP contribution is -2.58. The highest BCUT2D eigenvalue weighted by atomic mass is 32.2. The Kier molecular flexibility index (Phi) is 14.4. The first kappa shape index (κ1) is 42.3. The number of nitrogens with one attached hydrogen (secondary N) is 2. The molecule has 0 saturated carbocycles. The zero-order valence-electron chi connectivity index (χ0n) is 33.0. The van der Waals surface area contributed by atoms with E-state index in [2.05, 4.69) is 36.4 Å². The molecule has 54 heavy (non-hydrogen) atoms. The van der Waals surface area contributed by atoms with Crippen LogP contribution in [0.1, 0.15) is 73.3 Å². The lowest BCUT2D eigenvalue weighted by atomic mass is 9.77. The first-order chi connectivity index (χ1) is 25.6. The average molecular weight is 789 g/mol. The molecule has 0 amide bonds. The molecule has 2 fully saturated rings. The number of methoxy groups -OCH3 is 1. The summed E-state index contributed by atoms with van der Waals surface area (Å²) in [6, 6.07) is 12.6. The number of aliphatic hydroxyl groups is 1. The number of rotatable bonds is 19. The van der Waals surface area contributed by atoms with Crippen molar-refractivity contribution in [3.8, 4) is 5.75 Å². The summed E-state index contributed by atoms with van der Waals surface area (Å²) in [6.45, 7) is 16.0. The molecule has 0 unspecified atom stereocenters. The van der Waals surface area contributed by atoms with Crippen LogP contribution in [0.5, 0.6) is 5.75 Å². The van der Waals surface area contributed by atoms with Gasteiger partial charge in [-0.2, -0.15) is 4.31 Å². The first-order valence-corrected chi connectivity index (χ1v) is 21.6. The van der Waals surface area contributed by atoms with Crippen molar-refractivity contribution in [2.75, 3.05) is 45.3 Å². The van der Waals surface area contributed by atoms with Crippen LogP contribution < -0.4 is 15.4 Å². The van der Waals surface area contributed by atoms with Crippen molar-refractivity contribution in [2.45, 2.75) is 109 Å². The van der Waals surface area contributed by atoms with Crippen LogP contribution in [0, 0.1) is 23.7 Å². The van der Waals surface area contributed by atoms with Crippen molar-refractivity contribution < 1.29 is 37.3 Å². The van der Waals surface area contributed by atoms with Crippen LogP contribution in [0.15, 0.2) is 47.4 Å². The Balaban J connectivity index is 1.38. The highest BCUT2D eigenvalue weighted by Gasteiger charge is 2.55. The molecular weight excluding hydrogens is 729 g/mol. The first-order valence-electron chi connectivity index (χ1n) is 19.3. The fourth-order valence-corrected chi connectivity index (χ4v) is 10.2. The van der Waals surface area contributed by atoms with Crippen LogP contribution in [-0.4, -0.2) is 98.8 Å². The fourth-order valence-electron chi connectivity index (χ4n) is 7.42. The van der Waals surface area contributed by atoms with Crippen LogP contribution in [0.2, 0.25) is 0 Å². The Hall–Kier alpha value is -2.85. The number of aliphatic hydroxyl groups excluding tert-OH is 1. The van der Waals surface area contributed by atoms with Crippen molar-refractivity contribution in [3.63, 3.8) is 0 Å². The predicted molar refractivity (Wildman–Crippen MR) is 212 cm³/mol. The average Bonchev–Trinajstić information content (AvgIpc) is 3.71. The molecule has 0 aliphatic carbocycles. The van der Waals surface area contributed by atoms with E-state index in [1.165, 1.54) is 15.6 Å². The largest absolute Gasteiger partial charge is 0.497 e. The molecule has 2 aliphatic heterocycles. The second-order valence-corrected chi connectivity index (χ2v) is 18.9. The number of esters is 1. The van der Waals surface area contributed by atoms with Crippen molar-refractivity contribution in [3.05, 3.63) is 48.0 Å². The van der Waals surface area contributed by atoms with Gasteiger partial charge in [-0.25, -0.2) is 13.4 Å². The summed E-state index contributed by atoms with van der Waals surface area (Å²) in [4.78, 5) is 18.7. The summed E-state index contributed by atoms with van der Waals surface area (Å²) in [5, 5.41) is 19.7. The molecule has 2 aromatic carbocycles. The number of aromatic nitrogens is 1. The number of fused-ring (bicyclic) bond motifs is 2. The molecule has 0 bridgehead atoms. The van der Waals surface area contributed by atoms with Gasteiger partial charge >= 0.3 is 5.97 Å². The molecule has 3 aromatic rings. The molecule has 2 saturated heterocycles. The molecule has 0 radical (unpaired) electrons. The van der Waals surface area contributed by atoms with Gasteiger partial charge in [-0.15, -0.1) is 0 Å². The zero-order chi connectivity index (χ0) is 39.2. The third kappa shape index (κ3) is 10.3. The van der Waals surface area contributed by atoms with Crippen molar-refractivity contribution in [1.82, 2.24) is 14.6 Å². The van der Waals surface area contributed by atoms with Crippen LogP contribution >= 0.6 is 11.3 Å². The number of thiazole rings is 1. The number of hydrogen-bond acceptors (Lipinski definition) is 12. The summed E-state index contributed by atoms with van der Waals surface area (Å²) in [6.07, 6.45) is -0.555. The van der Waals surface area contributed by atoms with E-state index in [4.69, 9.17) is 18.9 Å². The Bertz CT molecular complexity index is 1780. The number of carbonyl (C=O) groups is 1. The quantitative estimate of drug-likeness (QED) is 0.121. The predicted octanol–water partition coefficient (Wildman–Crippen LogP) is 6.08. The van der Waals surface area contributed by atoms with Crippen molar-refractivity contribution in [2.24, 2.45) is 23.7 Å². The summed E-state index contributed by atoms with van der Waals surface area (Å²) in [5.41, 5.74) is 1.19. The molecule has 6 atom stereocenters. The monoisotopic (exact) mass is 788 g/mol. The van der Waals surface area contributed by atoms with Crippen LogP contribution in [0.25, 0.3) is 10.2 Å². The molecule has 0 spiro atoms. The van der Waals surface area contributed by atoms with Gasteiger partial charge in [-0.1, -0.05) is 58.1 Å². The van der Waals surface area contributed by atoms with Gasteiger partial charge < -0.3 is 34.7 Å². The van der Waals surface area contributed by atoms with Gasteiger partial charge in [-0.3, -0.25) is 4.79 Å². The Morgan fingerprint density at radius 1 is 1.07 bits per heavy atom. The third-order valence-corrected chi connectivity index (χ3v) is 13.1. The van der Waals surface area contributed by atoms with Gasteiger partial charge in [0.05, 0.1) is 59.4 Å². The third-order valence-electron chi connectivity index (χ3n) is 10.3. The summed E-state index contributed by atoms with van der Waals surface area (Å²) >= 11 is 1.40. The second kappa shape index (κ2) is 18.4. The molecule has 5 rings (SSSR count). The number of hydrogen-bond donors (Lipinski definition) is 3. The fraction of sp³-hybridized carbons (Fsp3) is 0.650. The smallest absolute Gasteiger partial charge is 0.306 e. The molecule has 1 aromatic heterocycles. The molecular formula is C40H60N4O8S2. The van der Waals surface area contributed by atoms with E-state index in [1.54, 1.807) is 25.3 Å². The SMILES string of the molecule is CC[C@]1(NCC(C)C)CO[C@@H]2OCC[C@H](OC(=O)C[C@@H](Cc3ccc(OC)cc3)[C@H](O)CN(CC(C)C)S(=O)(=O)c3ccc4nc(NC(C)C)sc4c3)[C@@H]21. The van der Waals surface area contributed by atoms with Gasteiger partial charge in [0, 0.05) is 31.5 Å².